The van der Waals surface area contributed by atoms with E-state index < -0.39 is 11.7 Å². The zero-order valence-corrected chi connectivity index (χ0v) is 11.8. The number of rotatable bonds is 2. The van der Waals surface area contributed by atoms with E-state index in [2.05, 4.69) is 20.4 Å². The molecule has 2 heterocycles. The van der Waals surface area contributed by atoms with Crippen molar-refractivity contribution in [1.82, 2.24) is 19.6 Å². The lowest BCUT2D eigenvalue weighted by Gasteiger charge is -2.02. The first-order valence-electron chi connectivity index (χ1n) is 6.49. The molecule has 0 unspecified atom stereocenters. The minimum Gasteiger partial charge on any atom is -0.291 e. The van der Waals surface area contributed by atoms with E-state index in [9.17, 15) is 14.0 Å². The van der Waals surface area contributed by atoms with E-state index in [-0.39, 0.29) is 22.8 Å². The Morgan fingerprint density at radius 1 is 1.27 bits per heavy atom. The summed E-state index contributed by atoms with van der Waals surface area (Å²) < 4.78 is 14.7. The van der Waals surface area contributed by atoms with Crippen LogP contribution in [-0.4, -0.2) is 25.5 Å². The zero-order valence-electron chi connectivity index (χ0n) is 11.8. The minimum atomic E-state index is -0.668. The Balaban J connectivity index is 1.99. The average Bonchev–Trinajstić information content (AvgIpc) is 2.87. The van der Waals surface area contributed by atoms with Crippen LogP contribution in [0.3, 0.4) is 0 Å². The van der Waals surface area contributed by atoms with Crippen molar-refractivity contribution in [3.05, 3.63) is 57.3 Å². The predicted octanol–water partition coefficient (Wildman–Crippen LogP) is 1.43. The maximum absolute atomic E-state index is 13.6. The molecule has 22 heavy (non-hydrogen) atoms. The van der Waals surface area contributed by atoms with Gasteiger partial charge in [-0.3, -0.25) is 20.0 Å². The van der Waals surface area contributed by atoms with E-state index >= 15 is 0 Å². The van der Waals surface area contributed by atoms with Gasteiger partial charge >= 0.3 is 0 Å². The summed E-state index contributed by atoms with van der Waals surface area (Å²) in [4.78, 5) is 32.2. The van der Waals surface area contributed by atoms with Gasteiger partial charge in [-0.1, -0.05) is 12.1 Å². The van der Waals surface area contributed by atoms with Gasteiger partial charge in [0, 0.05) is 11.3 Å². The summed E-state index contributed by atoms with van der Waals surface area (Å²) in [5, 5.41) is 5.04. The molecule has 2 aromatic heterocycles. The number of aromatic nitrogens is 4. The number of hydrogen-bond acceptors (Lipinski definition) is 4. The van der Waals surface area contributed by atoms with Crippen LogP contribution in [-0.2, 0) is 0 Å². The fraction of sp³-hybridized carbons (Fsp3) is 0.143. The number of halogens is 1. The van der Waals surface area contributed by atoms with E-state index in [0.717, 1.165) is 4.52 Å². The Morgan fingerprint density at radius 2 is 2.00 bits per heavy atom. The maximum Gasteiger partial charge on any atom is 0.277 e. The van der Waals surface area contributed by atoms with Crippen molar-refractivity contribution in [2.75, 3.05) is 5.32 Å². The standard InChI is InChI=1S/C14H12FN5O2/c1-7-8(2)16-14-18-13(19-20(14)12(7)22)17-11(21)9-5-3-4-6-10(9)15/h3-6H,1-2H3,(H2,16,17,18,19,21). The van der Waals surface area contributed by atoms with Crippen LogP contribution in [0.15, 0.2) is 29.1 Å². The second-order valence-electron chi connectivity index (χ2n) is 4.77. The van der Waals surface area contributed by atoms with Gasteiger partial charge in [0.1, 0.15) is 5.82 Å². The van der Waals surface area contributed by atoms with Crippen molar-refractivity contribution in [3.8, 4) is 0 Å². The van der Waals surface area contributed by atoms with Crippen LogP contribution in [0.2, 0.25) is 0 Å². The molecule has 0 radical (unpaired) electrons. The number of aromatic amines is 1. The number of aryl methyl sites for hydroxylation is 1. The van der Waals surface area contributed by atoms with Crippen molar-refractivity contribution in [2.45, 2.75) is 13.8 Å². The van der Waals surface area contributed by atoms with Gasteiger partial charge in [0.2, 0.25) is 5.95 Å². The quantitative estimate of drug-likeness (QED) is 0.749. The molecule has 8 heteroatoms. The lowest BCUT2D eigenvalue weighted by molar-refractivity contribution is 0.102. The second kappa shape index (κ2) is 5.06. The number of fused-ring (bicyclic) bond motifs is 1. The van der Waals surface area contributed by atoms with E-state index in [1.807, 2.05) is 0 Å². The third-order valence-corrected chi connectivity index (χ3v) is 3.31. The number of carbonyl (C=O) groups is 1. The molecule has 0 saturated carbocycles. The van der Waals surface area contributed by atoms with E-state index in [1.165, 1.54) is 18.2 Å². The fourth-order valence-electron chi connectivity index (χ4n) is 1.98. The van der Waals surface area contributed by atoms with Gasteiger partial charge in [-0.25, -0.2) is 9.37 Å². The topological polar surface area (TPSA) is 92.2 Å². The third-order valence-electron chi connectivity index (χ3n) is 3.31. The molecule has 0 aliphatic heterocycles. The summed E-state index contributed by atoms with van der Waals surface area (Å²) in [5.41, 5.74) is 0.619. The summed E-state index contributed by atoms with van der Waals surface area (Å²) in [6, 6.07) is 5.58. The molecule has 7 nitrogen and oxygen atoms in total. The summed E-state index contributed by atoms with van der Waals surface area (Å²) in [5.74, 6) is -1.16. The number of H-pyrrole nitrogens is 1. The second-order valence-corrected chi connectivity index (χ2v) is 4.77. The molecule has 1 amide bonds. The molecule has 1 aromatic carbocycles. The zero-order chi connectivity index (χ0) is 15.9. The highest BCUT2D eigenvalue weighted by molar-refractivity contribution is 6.03. The molecule has 0 aliphatic rings. The maximum atomic E-state index is 13.6. The normalized spacial score (nSPS) is 10.9. The van der Waals surface area contributed by atoms with Gasteiger partial charge in [-0.05, 0) is 26.0 Å². The molecule has 0 bridgehead atoms. The molecular weight excluding hydrogens is 289 g/mol. The minimum absolute atomic E-state index is 0.0165. The molecule has 3 rings (SSSR count). The Kier molecular flexibility index (Phi) is 3.21. The molecule has 0 aliphatic carbocycles. The highest BCUT2D eigenvalue weighted by atomic mass is 19.1. The average molecular weight is 301 g/mol. The van der Waals surface area contributed by atoms with Gasteiger partial charge < -0.3 is 0 Å². The van der Waals surface area contributed by atoms with Gasteiger partial charge in [-0.15, -0.1) is 0 Å². The van der Waals surface area contributed by atoms with Crippen molar-refractivity contribution in [3.63, 3.8) is 0 Å². The molecule has 3 aromatic rings. The van der Waals surface area contributed by atoms with Crippen molar-refractivity contribution in [1.29, 1.82) is 0 Å². The fourth-order valence-corrected chi connectivity index (χ4v) is 1.98. The van der Waals surface area contributed by atoms with Crippen LogP contribution < -0.4 is 10.9 Å². The van der Waals surface area contributed by atoms with Crippen LogP contribution in [0, 0.1) is 19.7 Å². The van der Waals surface area contributed by atoms with Crippen LogP contribution in [0.1, 0.15) is 21.6 Å². The predicted molar refractivity (Wildman–Crippen MR) is 77.4 cm³/mol. The molecule has 0 saturated heterocycles. The number of nitrogens with zero attached hydrogens (tertiary/aromatic N) is 3. The Hall–Kier alpha value is -3.03. The first kappa shape index (κ1) is 13.9. The molecular formula is C14H12FN5O2. The largest absolute Gasteiger partial charge is 0.291 e. The van der Waals surface area contributed by atoms with Gasteiger partial charge in [0.25, 0.3) is 17.2 Å². The monoisotopic (exact) mass is 301 g/mol. The highest BCUT2D eigenvalue weighted by Crippen LogP contribution is 2.10. The molecule has 2 N–H and O–H groups in total. The third kappa shape index (κ3) is 2.24. The first-order valence-corrected chi connectivity index (χ1v) is 6.49. The molecule has 0 spiro atoms. The smallest absolute Gasteiger partial charge is 0.277 e. The van der Waals surface area contributed by atoms with Gasteiger partial charge in [-0.2, -0.15) is 9.50 Å². The van der Waals surface area contributed by atoms with Crippen LogP contribution in [0.25, 0.3) is 5.78 Å². The van der Waals surface area contributed by atoms with Crippen molar-refractivity contribution in [2.24, 2.45) is 0 Å². The van der Waals surface area contributed by atoms with Crippen LogP contribution >= 0.6 is 0 Å². The lowest BCUT2D eigenvalue weighted by atomic mass is 10.2. The Bertz CT molecular complexity index is 944. The van der Waals surface area contributed by atoms with Crippen molar-refractivity contribution < 1.29 is 9.18 Å². The van der Waals surface area contributed by atoms with E-state index in [0.29, 0.717) is 11.3 Å². The Morgan fingerprint density at radius 3 is 2.73 bits per heavy atom. The SMILES string of the molecule is Cc1nc2nc(NC(=O)c3ccccc3F)[nH]n2c(=O)c1C. The number of benzene rings is 1. The first-order chi connectivity index (χ1) is 10.5. The summed E-state index contributed by atoms with van der Waals surface area (Å²) in [7, 11) is 0. The van der Waals surface area contributed by atoms with Crippen LogP contribution in [0.5, 0.6) is 0 Å². The number of anilines is 1. The van der Waals surface area contributed by atoms with E-state index in [4.69, 9.17) is 0 Å². The number of amides is 1. The summed E-state index contributed by atoms with van der Waals surface area (Å²) in [6.45, 7) is 3.35. The van der Waals surface area contributed by atoms with E-state index in [1.54, 1.807) is 19.9 Å². The Labute approximate surface area is 123 Å². The summed E-state index contributed by atoms with van der Waals surface area (Å²) >= 11 is 0. The van der Waals surface area contributed by atoms with Gasteiger partial charge in [0.05, 0.1) is 5.56 Å². The number of nitrogens with one attached hydrogen (secondary N) is 2. The van der Waals surface area contributed by atoms with Gasteiger partial charge in [0.15, 0.2) is 0 Å². The highest BCUT2D eigenvalue weighted by Gasteiger charge is 2.15. The number of carbonyl (C=O) groups excluding carboxylic acids is 1. The molecule has 112 valence electrons. The van der Waals surface area contributed by atoms with Crippen LogP contribution in [0.4, 0.5) is 10.3 Å². The molecule has 0 fully saturated rings. The lowest BCUT2D eigenvalue weighted by Crippen LogP contribution is -2.20. The molecule has 0 atom stereocenters. The number of hydrogen-bond donors (Lipinski definition) is 2. The summed E-state index contributed by atoms with van der Waals surface area (Å²) in [6.07, 6.45) is 0. The van der Waals surface area contributed by atoms with Crippen molar-refractivity contribution >= 4 is 17.6 Å².